The number of fused-ring (bicyclic) bond motifs is 1. The van der Waals surface area contributed by atoms with Gasteiger partial charge in [0.05, 0.1) is 17.4 Å². The van der Waals surface area contributed by atoms with Gasteiger partial charge in [0, 0.05) is 16.7 Å². The predicted molar refractivity (Wildman–Crippen MR) is 88.0 cm³/mol. The monoisotopic (exact) mass is 349 g/mol. The van der Waals surface area contributed by atoms with Crippen molar-refractivity contribution in [3.8, 4) is 5.75 Å². The van der Waals surface area contributed by atoms with Gasteiger partial charge < -0.3 is 9.72 Å². The zero-order chi connectivity index (χ0) is 16.6. The number of sulfone groups is 1. The van der Waals surface area contributed by atoms with Crippen LogP contribution in [0.5, 0.6) is 5.75 Å². The van der Waals surface area contributed by atoms with Gasteiger partial charge in [-0.15, -0.1) is 0 Å². The summed E-state index contributed by atoms with van der Waals surface area (Å²) in [5.41, 5.74) is -0.0431. The Bertz CT molecular complexity index is 1040. The lowest BCUT2D eigenvalue weighted by Gasteiger charge is -2.07. The Morgan fingerprint density at radius 3 is 2.43 bits per heavy atom. The first kappa shape index (κ1) is 15.6. The van der Waals surface area contributed by atoms with E-state index in [9.17, 15) is 13.2 Å². The van der Waals surface area contributed by atoms with Gasteiger partial charge in [-0.25, -0.2) is 8.42 Å². The minimum atomic E-state index is -3.94. The maximum atomic E-state index is 12.7. The summed E-state index contributed by atoms with van der Waals surface area (Å²) in [5, 5.41) is 0.667. The van der Waals surface area contributed by atoms with E-state index in [1.54, 1.807) is 12.1 Å². The molecule has 5 nitrogen and oxygen atoms in total. The number of hydrogen-bond acceptors (Lipinski definition) is 4. The lowest BCUT2D eigenvalue weighted by molar-refractivity contribution is 0.415. The zero-order valence-corrected chi connectivity index (χ0v) is 13.6. The molecule has 0 radical (unpaired) electrons. The maximum Gasteiger partial charge on any atom is 0.211 e. The number of benzene rings is 2. The molecular weight excluding hydrogens is 338 g/mol. The first-order valence-corrected chi connectivity index (χ1v) is 8.49. The highest BCUT2D eigenvalue weighted by Crippen LogP contribution is 2.22. The summed E-state index contributed by atoms with van der Waals surface area (Å²) in [6, 6.07) is 10.5. The number of halogens is 1. The Labute approximate surface area is 137 Å². The summed E-state index contributed by atoms with van der Waals surface area (Å²) in [5.74, 6) is 0.476. The number of H-pyrrole nitrogens is 1. The van der Waals surface area contributed by atoms with Crippen molar-refractivity contribution >= 4 is 32.3 Å². The third-order valence-electron chi connectivity index (χ3n) is 3.47. The number of methoxy groups -OCH3 is 1. The van der Waals surface area contributed by atoms with Gasteiger partial charge in [0.25, 0.3) is 0 Å². The minimum absolute atomic E-state index is 0.00893. The predicted octanol–water partition coefficient (Wildman–Crippen LogP) is 3.02. The summed E-state index contributed by atoms with van der Waals surface area (Å²) in [4.78, 5) is 15.1. The molecule has 3 rings (SSSR count). The molecule has 3 aromatic rings. The molecule has 0 fully saturated rings. The average molecular weight is 350 g/mol. The number of hydrogen-bond donors (Lipinski definition) is 1. The van der Waals surface area contributed by atoms with Crippen LogP contribution in [0.4, 0.5) is 0 Å². The average Bonchev–Trinajstić information content (AvgIpc) is 2.55. The highest BCUT2D eigenvalue weighted by molar-refractivity contribution is 7.91. The van der Waals surface area contributed by atoms with Crippen molar-refractivity contribution in [3.63, 3.8) is 0 Å². The number of ether oxygens (including phenoxy) is 1. The largest absolute Gasteiger partial charge is 0.497 e. The highest BCUT2D eigenvalue weighted by Gasteiger charge is 2.22. The molecule has 0 spiro atoms. The molecule has 0 amide bonds. The quantitative estimate of drug-likeness (QED) is 0.788. The molecule has 7 heteroatoms. The fraction of sp³-hybridized carbons (Fsp3) is 0.0625. The fourth-order valence-electron chi connectivity index (χ4n) is 2.25. The van der Waals surface area contributed by atoms with Crippen LogP contribution in [0.2, 0.25) is 5.02 Å². The molecule has 0 bridgehead atoms. The van der Waals surface area contributed by atoms with Gasteiger partial charge in [-0.3, -0.25) is 4.79 Å². The lowest BCUT2D eigenvalue weighted by Crippen LogP contribution is -2.16. The number of pyridine rings is 1. The van der Waals surface area contributed by atoms with Gasteiger partial charge >= 0.3 is 0 Å². The van der Waals surface area contributed by atoms with Crippen LogP contribution in [0.25, 0.3) is 10.9 Å². The first-order chi connectivity index (χ1) is 10.9. The summed E-state index contributed by atoms with van der Waals surface area (Å²) in [6.07, 6.45) is 1.21. The van der Waals surface area contributed by atoms with Crippen LogP contribution in [-0.4, -0.2) is 20.5 Å². The second-order valence-corrected chi connectivity index (χ2v) is 7.21. The molecule has 0 aliphatic rings. The van der Waals surface area contributed by atoms with Crippen molar-refractivity contribution in [3.05, 3.63) is 63.9 Å². The van der Waals surface area contributed by atoms with Crippen LogP contribution in [-0.2, 0) is 9.84 Å². The SMILES string of the molecule is COc1ccc2[nH]cc(S(=O)(=O)c3ccc(Cl)cc3)c(=O)c2c1. The van der Waals surface area contributed by atoms with Crippen molar-refractivity contribution in [2.45, 2.75) is 9.79 Å². The van der Waals surface area contributed by atoms with Crippen molar-refractivity contribution < 1.29 is 13.2 Å². The normalized spacial score (nSPS) is 11.6. The molecule has 0 unspecified atom stereocenters. The Morgan fingerprint density at radius 2 is 1.78 bits per heavy atom. The second kappa shape index (κ2) is 5.72. The molecule has 118 valence electrons. The molecule has 0 aliphatic carbocycles. The molecule has 1 aromatic heterocycles. The van der Waals surface area contributed by atoms with Crippen molar-refractivity contribution in [2.24, 2.45) is 0 Å². The lowest BCUT2D eigenvalue weighted by atomic mass is 10.2. The number of nitrogens with one attached hydrogen (secondary N) is 1. The van der Waals surface area contributed by atoms with E-state index in [-0.39, 0.29) is 15.2 Å². The number of aromatic amines is 1. The summed E-state index contributed by atoms with van der Waals surface area (Å²) in [6.45, 7) is 0. The summed E-state index contributed by atoms with van der Waals surface area (Å²) in [7, 11) is -2.46. The molecule has 1 heterocycles. The van der Waals surface area contributed by atoms with Gasteiger partial charge in [-0.2, -0.15) is 0 Å². The topological polar surface area (TPSA) is 76.2 Å². The van der Waals surface area contributed by atoms with E-state index in [1.165, 1.54) is 43.6 Å². The minimum Gasteiger partial charge on any atom is -0.497 e. The fourth-order valence-corrected chi connectivity index (χ4v) is 3.69. The van der Waals surface area contributed by atoms with Gasteiger partial charge in [0.2, 0.25) is 15.3 Å². The third kappa shape index (κ3) is 2.71. The molecule has 23 heavy (non-hydrogen) atoms. The molecule has 2 aromatic carbocycles. The Balaban J connectivity index is 2.25. The Kier molecular flexibility index (Phi) is 3.87. The third-order valence-corrected chi connectivity index (χ3v) is 5.49. The number of aromatic nitrogens is 1. The van der Waals surface area contributed by atoms with Crippen LogP contribution < -0.4 is 10.2 Å². The van der Waals surface area contributed by atoms with E-state index in [0.29, 0.717) is 16.3 Å². The van der Waals surface area contributed by atoms with E-state index in [2.05, 4.69) is 4.98 Å². The Hall–Kier alpha value is -2.31. The van der Waals surface area contributed by atoms with Gasteiger partial charge in [-0.1, -0.05) is 11.6 Å². The van der Waals surface area contributed by atoms with E-state index < -0.39 is 15.3 Å². The van der Waals surface area contributed by atoms with Crippen LogP contribution in [0.3, 0.4) is 0 Å². The van der Waals surface area contributed by atoms with Gasteiger partial charge in [0.1, 0.15) is 10.6 Å². The van der Waals surface area contributed by atoms with E-state index in [1.807, 2.05) is 0 Å². The van der Waals surface area contributed by atoms with E-state index in [0.717, 1.165) is 0 Å². The molecule has 0 atom stereocenters. The molecule has 0 aliphatic heterocycles. The molecule has 0 saturated heterocycles. The Morgan fingerprint density at radius 1 is 1.09 bits per heavy atom. The first-order valence-electron chi connectivity index (χ1n) is 6.63. The second-order valence-electron chi connectivity index (χ2n) is 4.85. The van der Waals surface area contributed by atoms with Crippen LogP contribution in [0.15, 0.2) is 63.2 Å². The molecular formula is C16H12ClNO4S. The van der Waals surface area contributed by atoms with Gasteiger partial charge in [-0.05, 0) is 42.5 Å². The summed E-state index contributed by atoms with van der Waals surface area (Å²) < 4.78 is 30.4. The van der Waals surface area contributed by atoms with Crippen molar-refractivity contribution in [1.82, 2.24) is 4.98 Å². The number of rotatable bonds is 3. The van der Waals surface area contributed by atoms with E-state index >= 15 is 0 Å². The maximum absolute atomic E-state index is 12.7. The van der Waals surface area contributed by atoms with Gasteiger partial charge in [0.15, 0.2) is 0 Å². The molecule has 0 saturated carbocycles. The van der Waals surface area contributed by atoms with E-state index in [4.69, 9.17) is 16.3 Å². The zero-order valence-electron chi connectivity index (χ0n) is 12.0. The van der Waals surface area contributed by atoms with Crippen molar-refractivity contribution in [1.29, 1.82) is 0 Å². The van der Waals surface area contributed by atoms with Crippen LogP contribution in [0, 0.1) is 0 Å². The van der Waals surface area contributed by atoms with Crippen molar-refractivity contribution in [2.75, 3.05) is 7.11 Å². The standard InChI is InChI=1S/C16H12ClNO4S/c1-22-11-4-7-14-13(8-11)16(19)15(9-18-14)23(20,21)12-5-2-10(17)3-6-12/h2-9H,1H3,(H,18,19). The smallest absolute Gasteiger partial charge is 0.211 e. The highest BCUT2D eigenvalue weighted by atomic mass is 35.5. The summed E-state index contributed by atoms with van der Waals surface area (Å²) >= 11 is 5.77. The van der Waals surface area contributed by atoms with Crippen LogP contribution in [0.1, 0.15) is 0 Å². The van der Waals surface area contributed by atoms with Crippen LogP contribution >= 0.6 is 11.6 Å². The molecule has 1 N–H and O–H groups in total.